The number of ketones is 1. The van der Waals surface area contributed by atoms with E-state index in [-0.39, 0.29) is 35.8 Å². The number of benzene rings is 1. The summed E-state index contributed by atoms with van der Waals surface area (Å²) in [7, 11) is -1.45. The van der Waals surface area contributed by atoms with Crippen LogP contribution in [0.25, 0.3) is 11.2 Å². The number of nitrogens with zero attached hydrogens (tertiary/aromatic N) is 5. The van der Waals surface area contributed by atoms with Crippen LogP contribution in [0.4, 0.5) is 11.5 Å². The van der Waals surface area contributed by atoms with Gasteiger partial charge in [0.15, 0.2) is 17.2 Å². The molecule has 12 nitrogen and oxygen atoms in total. The number of allylic oxidation sites excluding steroid dienone is 1. The summed E-state index contributed by atoms with van der Waals surface area (Å²) in [4.78, 5) is 35.2. The number of nitrogens with one attached hydrogen (secondary N) is 1. The van der Waals surface area contributed by atoms with Gasteiger partial charge < -0.3 is 10.5 Å². The Morgan fingerprint density at radius 1 is 1.32 bits per heavy atom. The molecule has 0 bridgehead atoms. The van der Waals surface area contributed by atoms with Crippen LogP contribution in [0.1, 0.15) is 42.3 Å². The fraction of sp³-hybridized carbons (Fsp3) is 0.333. The molecule has 1 aliphatic rings. The molecule has 0 spiro atoms. The fourth-order valence-corrected chi connectivity index (χ4v) is 4.48. The second kappa shape index (κ2) is 10.6. The van der Waals surface area contributed by atoms with Crippen LogP contribution in [-0.2, 0) is 15.7 Å². The summed E-state index contributed by atoms with van der Waals surface area (Å²) in [6.07, 6.45) is 6.16. The van der Waals surface area contributed by atoms with Crippen molar-refractivity contribution >= 4 is 39.4 Å². The van der Waals surface area contributed by atoms with Crippen molar-refractivity contribution in [2.75, 3.05) is 12.3 Å². The quantitative estimate of drug-likeness (QED) is 0.249. The molecular formula is C21H23N7O5S. The van der Waals surface area contributed by atoms with Gasteiger partial charge in [-0.25, -0.2) is 23.9 Å². The second-order valence-corrected chi connectivity index (χ2v) is 8.78. The number of hydrogen-bond donors (Lipinski definition) is 2. The number of aromatic nitrogens is 4. The van der Waals surface area contributed by atoms with E-state index in [4.69, 9.17) is 10.5 Å². The monoisotopic (exact) mass is 485 g/mol. The minimum atomic E-state index is -1.45. The molecule has 2 aromatic heterocycles. The molecule has 1 aliphatic heterocycles. The van der Waals surface area contributed by atoms with Crippen molar-refractivity contribution in [2.24, 2.45) is 0 Å². The lowest BCUT2D eigenvalue weighted by molar-refractivity contribution is -0.385. The first-order chi connectivity index (χ1) is 16.4. The van der Waals surface area contributed by atoms with E-state index in [1.165, 1.54) is 29.9 Å². The van der Waals surface area contributed by atoms with E-state index < -0.39 is 15.9 Å². The molecule has 0 saturated carbocycles. The lowest BCUT2D eigenvalue weighted by atomic mass is 10.0. The lowest BCUT2D eigenvalue weighted by Crippen LogP contribution is -2.27. The number of carbonyl (C=O) groups excluding carboxylic acids is 1. The fourth-order valence-electron chi connectivity index (χ4n) is 3.72. The Balaban J connectivity index is 1.22. The predicted molar refractivity (Wildman–Crippen MR) is 125 cm³/mol. The average molecular weight is 486 g/mol. The SMILES string of the molecule is Nc1ncnc2c1ncn2C1CCC(CNS(=O)/C=C/CCC(=O)c2ccccc2[N+](=O)[O-])O1. The van der Waals surface area contributed by atoms with Crippen molar-refractivity contribution in [3.63, 3.8) is 0 Å². The third-order valence-electron chi connectivity index (χ3n) is 5.39. The first-order valence-corrected chi connectivity index (χ1v) is 11.8. The maximum absolute atomic E-state index is 12.3. The highest BCUT2D eigenvalue weighted by Gasteiger charge is 2.28. The molecule has 0 radical (unpaired) electrons. The van der Waals surface area contributed by atoms with Gasteiger partial charge in [-0.15, -0.1) is 0 Å². The topological polar surface area (TPSA) is 168 Å². The first kappa shape index (κ1) is 23.6. The number of rotatable bonds is 10. The molecule has 3 heterocycles. The highest BCUT2D eigenvalue weighted by Crippen LogP contribution is 2.30. The standard InChI is InChI=1S/C21H23N7O5S/c22-20-19-21(24-12-23-20)27(13-25-19)18-9-8-14(33-18)11-26-34(32)10-4-3-7-17(29)15-5-1-2-6-16(15)28(30)31/h1-2,4-6,10,12-14,18,26H,3,7-9,11H2,(H2,22,23,24)/b10-4+. The number of Topliss-reactive ketones (excluding diaryl/α,β-unsaturated/α-hetero) is 1. The largest absolute Gasteiger partial charge is 0.382 e. The van der Waals surface area contributed by atoms with Gasteiger partial charge in [-0.1, -0.05) is 18.2 Å². The third kappa shape index (κ3) is 5.32. The number of hydrogen-bond acceptors (Lipinski definition) is 9. The summed E-state index contributed by atoms with van der Waals surface area (Å²) in [6.45, 7) is 0.381. The van der Waals surface area contributed by atoms with E-state index in [1.54, 1.807) is 18.5 Å². The Morgan fingerprint density at radius 2 is 2.15 bits per heavy atom. The summed E-state index contributed by atoms with van der Waals surface area (Å²) in [5.41, 5.74) is 6.82. The molecule has 0 aliphatic carbocycles. The molecule has 34 heavy (non-hydrogen) atoms. The number of nitro groups is 1. The number of imidazole rings is 1. The summed E-state index contributed by atoms with van der Waals surface area (Å²) in [6, 6.07) is 5.84. The Hall–Kier alpha value is -3.55. The van der Waals surface area contributed by atoms with Crippen LogP contribution in [0.5, 0.6) is 0 Å². The normalized spacial score (nSPS) is 19.1. The molecule has 3 aromatic rings. The zero-order valence-electron chi connectivity index (χ0n) is 18.1. The zero-order chi connectivity index (χ0) is 24.1. The molecule has 3 N–H and O–H groups in total. The van der Waals surface area contributed by atoms with E-state index in [0.29, 0.717) is 29.9 Å². The van der Waals surface area contributed by atoms with Crippen LogP contribution in [0, 0.1) is 10.1 Å². The Labute approximate surface area is 197 Å². The number of anilines is 1. The highest BCUT2D eigenvalue weighted by atomic mass is 32.2. The van der Waals surface area contributed by atoms with Crippen LogP contribution < -0.4 is 10.5 Å². The minimum Gasteiger partial charge on any atom is -0.382 e. The van der Waals surface area contributed by atoms with E-state index in [2.05, 4.69) is 19.7 Å². The van der Waals surface area contributed by atoms with Crippen molar-refractivity contribution in [3.8, 4) is 0 Å². The number of fused-ring (bicyclic) bond motifs is 1. The molecule has 13 heteroatoms. The highest BCUT2D eigenvalue weighted by molar-refractivity contribution is 7.86. The molecule has 4 rings (SSSR count). The van der Waals surface area contributed by atoms with Crippen molar-refractivity contribution in [2.45, 2.75) is 38.0 Å². The van der Waals surface area contributed by atoms with Gasteiger partial charge in [-0.05, 0) is 25.3 Å². The molecule has 1 fully saturated rings. The van der Waals surface area contributed by atoms with Gasteiger partial charge >= 0.3 is 0 Å². The van der Waals surface area contributed by atoms with Gasteiger partial charge in [0.25, 0.3) is 5.69 Å². The van der Waals surface area contributed by atoms with Gasteiger partial charge in [0.05, 0.1) is 22.9 Å². The van der Waals surface area contributed by atoms with Crippen LogP contribution in [-0.4, -0.2) is 47.1 Å². The Bertz CT molecular complexity index is 1260. The summed E-state index contributed by atoms with van der Waals surface area (Å²) < 4.78 is 23.0. The van der Waals surface area contributed by atoms with Crippen molar-refractivity contribution in [1.82, 2.24) is 24.2 Å². The Kier molecular flexibility index (Phi) is 7.35. The summed E-state index contributed by atoms with van der Waals surface area (Å²) in [5.74, 6) is -0.0222. The average Bonchev–Trinajstić information content (AvgIpc) is 3.48. The summed E-state index contributed by atoms with van der Waals surface area (Å²) >= 11 is 0. The Morgan fingerprint density at radius 3 is 2.97 bits per heavy atom. The van der Waals surface area contributed by atoms with Gasteiger partial charge in [0, 0.05) is 24.4 Å². The molecule has 1 aromatic carbocycles. The predicted octanol–water partition coefficient (Wildman–Crippen LogP) is 2.42. The smallest absolute Gasteiger partial charge is 0.280 e. The van der Waals surface area contributed by atoms with E-state index in [1.807, 2.05) is 4.57 Å². The van der Waals surface area contributed by atoms with Crippen LogP contribution in [0.2, 0.25) is 0 Å². The number of para-hydroxylation sites is 1. The van der Waals surface area contributed by atoms with E-state index in [0.717, 1.165) is 12.8 Å². The van der Waals surface area contributed by atoms with Gasteiger partial charge in [-0.3, -0.25) is 19.5 Å². The molecule has 0 amide bonds. The molecule has 178 valence electrons. The van der Waals surface area contributed by atoms with E-state index >= 15 is 0 Å². The maximum atomic E-state index is 12.3. The van der Waals surface area contributed by atoms with Crippen LogP contribution in [0.3, 0.4) is 0 Å². The van der Waals surface area contributed by atoms with Gasteiger partial charge in [0.2, 0.25) is 0 Å². The number of nitrogen functional groups attached to an aromatic ring is 1. The van der Waals surface area contributed by atoms with Gasteiger partial charge in [-0.2, -0.15) is 0 Å². The van der Waals surface area contributed by atoms with Crippen molar-refractivity contribution < 1.29 is 18.7 Å². The maximum Gasteiger partial charge on any atom is 0.280 e. The number of nitro benzene ring substituents is 1. The van der Waals surface area contributed by atoms with Crippen molar-refractivity contribution in [1.29, 1.82) is 0 Å². The third-order valence-corrected chi connectivity index (χ3v) is 6.29. The molecule has 3 unspecified atom stereocenters. The minimum absolute atomic E-state index is 0.0768. The number of ether oxygens (including phenoxy) is 1. The van der Waals surface area contributed by atoms with E-state index in [9.17, 15) is 19.1 Å². The van der Waals surface area contributed by atoms with Crippen LogP contribution in [0.15, 0.2) is 48.4 Å². The van der Waals surface area contributed by atoms with Gasteiger partial charge in [0.1, 0.15) is 29.1 Å². The van der Waals surface area contributed by atoms with Crippen LogP contribution >= 0.6 is 0 Å². The summed E-state index contributed by atoms with van der Waals surface area (Å²) in [5, 5.41) is 12.5. The number of nitrogens with two attached hydrogens (primary N) is 1. The van der Waals surface area contributed by atoms with Crippen molar-refractivity contribution in [3.05, 3.63) is 64.1 Å². The molecule has 3 atom stereocenters. The second-order valence-electron chi connectivity index (χ2n) is 7.63. The molecule has 1 saturated heterocycles. The first-order valence-electron chi connectivity index (χ1n) is 10.6. The molecular weight excluding hydrogens is 462 g/mol. The number of carbonyl (C=O) groups is 1. The lowest BCUT2D eigenvalue weighted by Gasteiger charge is -2.15. The zero-order valence-corrected chi connectivity index (χ0v) is 18.9.